The van der Waals surface area contributed by atoms with Crippen LogP contribution in [-0.2, 0) is 0 Å². The van der Waals surface area contributed by atoms with Crippen molar-refractivity contribution < 1.29 is 4.39 Å². The van der Waals surface area contributed by atoms with E-state index >= 15 is 0 Å². The van der Waals surface area contributed by atoms with E-state index in [2.05, 4.69) is 10.9 Å². The van der Waals surface area contributed by atoms with Gasteiger partial charge in [-0.3, -0.25) is 0 Å². The molecule has 0 fully saturated rings. The fourth-order valence-corrected chi connectivity index (χ4v) is 0.886. The van der Waals surface area contributed by atoms with E-state index in [1.807, 2.05) is 6.92 Å². The third-order valence-electron chi connectivity index (χ3n) is 1.59. The predicted molar refractivity (Wildman–Crippen MR) is 38.5 cm³/mol. The van der Waals surface area contributed by atoms with Crippen molar-refractivity contribution in [3.8, 4) is 0 Å². The molecule has 0 radical (unpaired) electrons. The van der Waals surface area contributed by atoms with Crippen LogP contribution in [0.5, 0.6) is 0 Å². The molecule has 1 aliphatic heterocycles. The molecule has 0 aliphatic carbocycles. The topological polar surface area (TPSA) is 24.1 Å². The van der Waals surface area contributed by atoms with Gasteiger partial charge in [0.2, 0.25) is 0 Å². The van der Waals surface area contributed by atoms with Gasteiger partial charge in [0.05, 0.1) is 6.20 Å². The van der Waals surface area contributed by atoms with Crippen LogP contribution in [0.25, 0.3) is 0 Å². The fraction of sp³-hybridized carbons (Fsp3) is 0.429. The van der Waals surface area contributed by atoms with Gasteiger partial charge in [-0.15, -0.1) is 0 Å². The molecule has 0 unspecified atom stereocenters. The van der Waals surface area contributed by atoms with Crippen molar-refractivity contribution in [3.05, 3.63) is 23.3 Å². The summed E-state index contributed by atoms with van der Waals surface area (Å²) in [7, 11) is 0. The first-order chi connectivity index (χ1) is 4.75. The molecule has 0 saturated heterocycles. The molecule has 3 heteroatoms. The predicted octanol–water partition coefficient (Wildman–Crippen LogP) is 1.59. The van der Waals surface area contributed by atoms with Crippen molar-refractivity contribution in [1.29, 1.82) is 0 Å². The van der Waals surface area contributed by atoms with Crippen molar-refractivity contribution >= 4 is 0 Å². The molecule has 1 rings (SSSR count). The molecule has 0 spiro atoms. The first-order valence-electron chi connectivity index (χ1n) is 3.33. The molecule has 56 valence electrons. The summed E-state index contributed by atoms with van der Waals surface area (Å²) in [6.07, 6.45) is 2.13. The number of hydrazine groups is 1. The van der Waals surface area contributed by atoms with E-state index in [9.17, 15) is 4.39 Å². The molecule has 0 saturated carbocycles. The zero-order valence-corrected chi connectivity index (χ0v) is 6.16. The van der Waals surface area contributed by atoms with Crippen molar-refractivity contribution in [1.82, 2.24) is 10.9 Å². The molecule has 1 aliphatic rings. The van der Waals surface area contributed by atoms with E-state index in [1.165, 1.54) is 6.20 Å². The van der Waals surface area contributed by atoms with Crippen molar-refractivity contribution in [2.75, 3.05) is 0 Å². The maximum Gasteiger partial charge on any atom is 0.145 e. The second kappa shape index (κ2) is 2.73. The van der Waals surface area contributed by atoms with E-state index in [-0.39, 0.29) is 5.83 Å². The van der Waals surface area contributed by atoms with Crippen LogP contribution >= 0.6 is 0 Å². The molecule has 0 atom stereocenters. The molecule has 10 heavy (non-hydrogen) atoms. The minimum atomic E-state index is -0.185. The van der Waals surface area contributed by atoms with E-state index in [0.29, 0.717) is 5.57 Å². The number of nitrogens with one attached hydrogen (secondary N) is 2. The molecule has 1 heterocycles. The summed E-state index contributed by atoms with van der Waals surface area (Å²) in [4.78, 5) is 0. The third kappa shape index (κ3) is 1.12. The highest BCUT2D eigenvalue weighted by Gasteiger charge is 2.08. The monoisotopic (exact) mass is 142 g/mol. The molecule has 0 aromatic rings. The maximum absolute atomic E-state index is 12.7. The highest BCUT2D eigenvalue weighted by Crippen LogP contribution is 2.17. The standard InChI is InChI=1S/C7H11FN2/c1-3-7-5(2)6(8)4-9-10-7/h4,9-10H,3H2,1-2H3. The zero-order valence-electron chi connectivity index (χ0n) is 6.16. The average molecular weight is 142 g/mol. The normalized spacial score (nSPS) is 17.7. The van der Waals surface area contributed by atoms with Crippen LogP contribution in [-0.4, -0.2) is 0 Å². The molecule has 0 amide bonds. The molecule has 2 nitrogen and oxygen atoms in total. The van der Waals surface area contributed by atoms with Gasteiger partial charge in [-0.25, -0.2) is 4.39 Å². The Morgan fingerprint density at radius 2 is 2.30 bits per heavy atom. The summed E-state index contributed by atoms with van der Waals surface area (Å²) < 4.78 is 12.7. The van der Waals surface area contributed by atoms with Gasteiger partial charge in [-0.2, -0.15) is 0 Å². The molecular weight excluding hydrogens is 131 g/mol. The Labute approximate surface area is 59.8 Å². The number of hydrogen-bond acceptors (Lipinski definition) is 2. The van der Waals surface area contributed by atoms with Crippen LogP contribution in [0.1, 0.15) is 20.3 Å². The van der Waals surface area contributed by atoms with Gasteiger partial charge in [0.25, 0.3) is 0 Å². The number of halogens is 1. The number of rotatable bonds is 1. The second-order valence-electron chi connectivity index (χ2n) is 2.22. The van der Waals surface area contributed by atoms with Crippen LogP contribution in [0, 0.1) is 0 Å². The highest BCUT2D eigenvalue weighted by atomic mass is 19.1. The Balaban J connectivity index is 2.85. The molecule has 0 aromatic heterocycles. The zero-order chi connectivity index (χ0) is 7.56. The van der Waals surface area contributed by atoms with Gasteiger partial charge in [0, 0.05) is 11.3 Å². The van der Waals surface area contributed by atoms with E-state index in [0.717, 1.165) is 12.1 Å². The Kier molecular flexibility index (Phi) is 1.94. The molecular formula is C7H11FN2. The van der Waals surface area contributed by atoms with Gasteiger partial charge in [-0.05, 0) is 13.3 Å². The molecule has 0 bridgehead atoms. The van der Waals surface area contributed by atoms with Gasteiger partial charge in [0.15, 0.2) is 0 Å². The summed E-state index contributed by atoms with van der Waals surface area (Å²) in [5, 5.41) is 0. The van der Waals surface area contributed by atoms with Gasteiger partial charge in [0.1, 0.15) is 5.83 Å². The van der Waals surface area contributed by atoms with Gasteiger partial charge < -0.3 is 10.9 Å². The Morgan fingerprint density at radius 1 is 1.60 bits per heavy atom. The Morgan fingerprint density at radius 3 is 2.80 bits per heavy atom. The summed E-state index contributed by atoms with van der Waals surface area (Å²) >= 11 is 0. The first kappa shape index (κ1) is 7.12. The van der Waals surface area contributed by atoms with Crippen LogP contribution in [0.4, 0.5) is 4.39 Å². The minimum Gasteiger partial charge on any atom is -0.306 e. The summed E-state index contributed by atoms with van der Waals surface area (Å²) in [5.74, 6) is -0.185. The van der Waals surface area contributed by atoms with Crippen LogP contribution in [0.15, 0.2) is 23.3 Å². The minimum absolute atomic E-state index is 0.185. The van der Waals surface area contributed by atoms with E-state index in [4.69, 9.17) is 0 Å². The average Bonchev–Trinajstić information content (AvgIpc) is 1.95. The van der Waals surface area contributed by atoms with E-state index in [1.54, 1.807) is 6.92 Å². The van der Waals surface area contributed by atoms with Crippen LogP contribution < -0.4 is 10.9 Å². The van der Waals surface area contributed by atoms with Crippen LogP contribution in [0.3, 0.4) is 0 Å². The lowest BCUT2D eigenvalue weighted by atomic mass is 10.1. The second-order valence-corrected chi connectivity index (χ2v) is 2.22. The van der Waals surface area contributed by atoms with E-state index < -0.39 is 0 Å². The Bertz CT molecular complexity index is 194. The Hall–Kier alpha value is -0.990. The van der Waals surface area contributed by atoms with Crippen molar-refractivity contribution in [2.45, 2.75) is 20.3 Å². The summed E-state index contributed by atoms with van der Waals surface area (Å²) in [6.45, 7) is 3.74. The lowest BCUT2D eigenvalue weighted by Gasteiger charge is -2.16. The lowest BCUT2D eigenvalue weighted by Crippen LogP contribution is -2.30. The summed E-state index contributed by atoms with van der Waals surface area (Å²) in [6, 6.07) is 0. The van der Waals surface area contributed by atoms with Gasteiger partial charge >= 0.3 is 0 Å². The summed E-state index contributed by atoms with van der Waals surface area (Å²) in [5.41, 5.74) is 7.10. The van der Waals surface area contributed by atoms with Crippen molar-refractivity contribution in [2.24, 2.45) is 0 Å². The largest absolute Gasteiger partial charge is 0.306 e. The van der Waals surface area contributed by atoms with Gasteiger partial charge in [-0.1, -0.05) is 6.92 Å². The molecule has 2 N–H and O–H groups in total. The first-order valence-corrected chi connectivity index (χ1v) is 3.33. The maximum atomic E-state index is 12.7. The number of allylic oxidation sites excluding steroid dienone is 3. The van der Waals surface area contributed by atoms with Crippen molar-refractivity contribution in [3.63, 3.8) is 0 Å². The lowest BCUT2D eigenvalue weighted by molar-refractivity contribution is 0.579. The van der Waals surface area contributed by atoms with Crippen LogP contribution in [0.2, 0.25) is 0 Å². The smallest absolute Gasteiger partial charge is 0.145 e. The quantitative estimate of drug-likeness (QED) is 0.581. The molecule has 0 aromatic carbocycles. The fourth-order valence-electron chi connectivity index (χ4n) is 0.886. The highest BCUT2D eigenvalue weighted by molar-refractivity contribution is 5.29. The number of hydrogen-bond donors (Lipinski definition) is 2. The SMILES string of the molecule is CCC1=C(C)C(F)=CNN1. The third-order valence-corrected chi connectivity index (χ3v) is 1.59.